The van der Waals surface area contributed by atoms with Crippen LogP contribution in [0.15, 0.2) is 36.0 Å². The van der Waals surface area contributed by atoms with Crippen molar-refractivity contribution < 1.29 is 36.4 Å². The number of aliphatic hydroxyl groups excluding tert-OH is 1. The molecule has 0 saturated heterocycles. The lowest BCUT2D eigenvalue weighted by Gasteiger charge is -2.60. The van der Waals surface area contributed by atoms with Gasteiger partial charge in [-0.15, -0.1) is 0 Å². The predicted molar refractivity (Wildman–Crippen MR) is 151 cm³/mol. The fraction of sp³-hybridized carbons (Fsp3) is 0.581. The number of rotatable bonds is 6. The highest BCUT2D eigenvalue weighted by Gasteiger charge is 2.70. The summed E-state index contributed by atoms with van der Waals surface area (Å²) in [5.41, 5.74) is 1.23. The summed E-state index contributed by atoms with van der Waals surface area (Å²) in [5, 5.41) is 16.5. The number of hydrogen-bond donors (Lipinski definition) is 1. The number of allylic oxidation sites excluding steroid dienone is 1. The number of hydrogen-bond acceptors (Lipinski definition) is 8. The SMILES string of the molecule is CC(=O)O[C@]1(C(=O)COS(C)(=O)=O)CC[C@H]2[C@@H]3CCC4=Cc5c(cnn5-c5ccc(F)cc5)C[C@]4(C)[C@H]3[C@@H](O)C[C@@]21C. The van der Waals surface area contributed by atoms with Crippen molar-refractivity contribution in [2.45, 2.75) is 71.0 Å². The molecular formula is C31H37FN2O7S. The zero-order valence-corrected chi connectivity index (χ0v) is 25.1. The van der Waals surface area contributed by atoms with Crippen LogP contribution in [0.5, 0.6) is 0 Å². The number of halogens is 1. The fourth-order valence-corrected chi connectivity index (χ4v) is 9.49. The van der Waals surface area contributed by atoms with Gasteiger partial charge in [-0.05, 0) is 97.6 Å². The van der Waals surface area contributed by atoms with Crippen LogP contribution >= 0.6 is 0 Å². The Morgan fingerprint density at radius 1 is 1.19 bits per heavy atom. The van der Waals surface area contributed by atoms with E-state index in [1.165, 1.54) is 24.6 Å². The van der Waals surface area contributed by atoms with Crippen LogP contribution in [-0.2, 0) is 35.0 Å². The van der Waals surface area contributed by atoms with Gasteiger partial charge in [-0.2, -0.15) is 13.5 Å². The monoisotopic (exact) mass is 600 g/mol. The second-order valence-corrected chi connectivity index (χ2v) is 14.7. The highest BCUT2D eigenvalue weighted by molar-refractivity contribution is 7.86. The molecule has 3 saturated carbocycles. The molecule has 2 aromatic rings. The molecule has 0 spiro atoms. The highest BCUT2D eigenvalue weighted by atomic mass is 32.2. The van der Waals surface area contributed by atoms with Crippen molar-refractivity contribution in [3.05, 3.63) is 53.1 Å². The quantitative estimate of drug-likeness (QED) is 0.390. The van der Waals surface area contributed by atoms with E-state index in [9.17, 15) is 27.5 Å². The lowest BCUT2D eigenvalue weighted by Crippen LogP contribution is -2.63. The van der Waals surface area contributed by atoms with Crippen molar-refractivity contribution in [2.75, 3.05) is 12.9 Å². The number of fused-ring (bicyclic) bond motifs is 6. The smallest absolute Gasteiger partial charge is 0.303 e. The summed E-state index contributed by atoms with van der Waals surface area (Å²) in [7, 11) is -3.89. The van der Waals surface area contributed by atoms with E-state index < -0.39 is 45.6 Å². The van der Waals surface area contributed by atoms with Crippen molar-refractivity contribution in [1.29, 1.82) is 0 Å². The first-order valence-electron chi connectivity index (χ1n) is 14.5. The van der Waals surface area contributed by atoms with Crippen LogP contribution in [0.4, 0.5) is 4.39 Å². The van der Waals surface area contributed by atoms with Crippen molar-refractivity contribution in [1.82, 2.24) is 9.78 Å². The van der Waals surface area contributed by atoms with E-state index in [2.05, 4.69) is 18.1 Å². The minimum atomic E-state index is -3.89. The van der Waals surface area contributed by atoms with E-state index >= 15 is 0 Å². The molecule has 1 aromatic carbocycles. The van der Waals surface area contributed by atoms with E-state index in [0.717, 1.165) is 36.0 Å². The first-order chi connectivity index (χ1) is 19.7. The van der Waals surface area contributed by atoms with Gasteiger partial charge in [0.1, 0.15) is 12.4 Å². The number of carbonyl (C=O) groups excluding carboxylic acids is 2. The Kier molecular flexibility index (Phi) is 6.83. The highest BCUT2D eigenvalue weighted by Crippen LogP contribution is 2.68. The first kappa shape index (κ1) is 29.2. The number of aliphatic hydroxyl groups is 1. The number of ketones is 1. The Labute approximate surface area is 245 Å². The van der Waals surface area contributed by atoms with Gasteiger partial charge >= 0.3 is 5.97 Å². The molecule has 4 aliphatic rings. The van der Waals surface area contributed by atoms with Crippen molar-refractivity contribution in [2.24, 2.45) is 28.6 Å². The summed E-state index contributed by atoms with van der Waals surface area (Å²) < 4.78 is 49.5. The molecular weight excluding hydrogens is 563 g/mol. The molecule has 1 heterocycles. The molecule has 0 unspecified atom stereocenters. The van der Waals surface area contributed by atoms with Gasteiger partial charge in [-0.3, -0.25) is 13.8 Å². The van der Waals surface area contributed by atoms with E-state index in [0.29, 0.717) is 12.8 Å². The molecule has 4 aliphatic carbocycles. The van der Waals surface area contributed by atoms with Crippen LogP contribution in [0.2, 0.25) is 0 Å². The van der Waals surface area contributed by atoms with Crippen molar-refractivity contribution in [3.63, 3.8) is 0 Å². The zero-order chi connectivity index (χ0) is 30.2. The van der Waals surface area contributed by atoms with Gasteiger partial charge in [-0.1, -0.05) is 19.4 Å². The summed E-state index contributed by atoms with van der Waals surface area (Å²) >= 11 is 0. The Bertz CT molecular complexity index is 1580. The third-order valence-electron chi connectivity index (χ3n) is 10.8. The van der Waals surface area contributed by atoms with Gasteiger partial charge in [0.15, 0.2) is 5.60 Å². The summed E-state index contributed by atoms with van der Waals surface area (Å²) in [6.07, 6.45) is 7.51. The van der Waals surface area contributed by atoms with Crippen LogP contribution in [0, 0.1) is 34.4 Å². The number of Topliss-reactive ketones (excluding diaryl/α,β-unsaturated/α-hetero) is 1. The van der Waals surface area contributed by atoms with E-state index in [1.54, 1.807) is 12.1 Å². The summed E-state index contributed by atoms with van der Waals surface area (Å²) in [4.78, 5) is 26.0. The molecule has 1 N–H and O–H groups in total. The fourth-order valence-electron chi connectivity index (χ4n) is 9.17. The zero-order valence-electron chi connectivity index (χ0n) is 24.3. The Morgan fingerprint density at radius 3 is 2.57 bits per heavy atom. The molecule has 3 fully saturated rings. The molecule has 0 aliphatic heterocycles. The number of ether oxygens (including phenoxy) is 1. The Balaban J connectivity index is 1.34. The molecule has 1 aromatic heterocycles. The van der Waals surface area contributed by atoms with Gasteiger partial charge in [0.2, 0.25) is 5.78 Å². The molecule has 0 radical (unpaired) electrons. The second-order valence-electron chi connectivity index (χ2n) is 13.1. The van der Waals surface area contributed by atoms with Gasteiger partial charge in [0, 0.05) is 12.3 Å². The van der Waals surface area contributed by atoms with Crippen molar-refractivity contribution >= 4 is 27.9 Å². The number of aromatic nitrogens is 2. The first-order valence-corrected chi connectivity index (χ1v) is 16.3. The number of nitrogens with zero attached hydrogens (tertiary/aromatic N) is 2. The Hall–Kier alpha value is -2.89. The predicted octanol–water partition coefficient (Wildman–Crippen LogP) is 4.01. The maximum absolute atomic E-state index is 13.7. The minimum Gasteiger partial charge on any atom is -0.451 e. The average molecular weight is 601 g/mol. The Morgan fingerprint density at radius 2 is 1.90 bits per heavy atom. The standard InChI is InChI=1S/C31H37FN2O7S/c1-18(35)41-31(27(37)17-40-42(4,38)39)12-11-24-23-10-5-20-13-25-19(16-33-34(25)22-8-6-21(32)7-9-22)14-29(20,2)28(23)26(36)15-30(24,31)3/h6-9,13,16,23-24,26,28,36H,5,10-12,14-15,17H2,1-4H3/t23-,24-,26-,28+,29-,30-,31-/m0/s1. The second kappa shape index (κ2) is 9.82. The summed E-state index contributed by atoms with van der Waals surface area (Å²) in [5.74, 6) is -1.56. The number of esters is 1. The molecule has 9 nitrogen and oxygen atoms in total. The largest absolute Gasteiger partial charge is 0.451 e. The van der Waals surface area contributed by atoms with Gasteiger partial charge < -0.3 is 9.84 Å². The van der Waals surface area contributed by atoms with Crippen LogP contribution in [0.1, 0.15) is 64.1 Å². The van der Waals surface area contributed by atoms with Gasteiger partial charge in [-0.25, -0.2) is 9.07 Å². The third-order valence-corrected chi connectivity index (χ3v) is 11.3. The van der Waals surface area contributed by atoms with E-state index in [1.807, 2.05) is 17.8 Å². The van der Waals surface area contributed by atoms with Crippen LogP contribution < -0.4 is 0 Å². The molecule has 7 atom stereocenters. The molecule has 226 valence electrons. The lowest BCUT2D eigenvalue weighted by molar-refractivity contribution is -0.200. The third kappa shape index (κ3) is 4.38. The number of carbonyl (C=O) groups is 2. The van der Waals surface area contributed by atoms with Crippen LogP contribution in [0.25, 0.3) is 11.8 Å². The average Bonchev–Trinajstić information content (AvgIpc) is 3.43. The topological polar surface area (TPSA) is 125 Å². The van der Waals surface area contributed by atoms with E-state index in [-0.39, 0.29) is 41.8 Å². The lowest BCUT2D eigenvalue weighted by atomic mass is 9.45. The number of benzene rings is 1. The summed E-state index contributed by atoms with van der Waals surface area (Å²) in [6, 6.07) is 6.24. The molecule has 42 heavy (non-hydrogen) atoms. The summed E-state index contributed by atoms with van der Waals surface area (Å²) in [6.45, 7) is 4.64. The van der Waals surface area contributed by atoms with Crippen molar-refractivity contribution in [3.8, 4) is 5.69 Å². The molecule has 0 amide bonds. The van der Waals surface area contributed by atoms with Crippen LogP contribution in [-0.4, -0.2) is 59.6 Å². The maximum Gasteiger partial charge on any atom is 0.303 e. The molecule has 0 bridgehead atoms. The van der Waals surface area contributed by atoms with Crippen LogP contribution in [0.3, 0.4) is 0 Å². The molecule has 6 rings (SSSR count). The van der Waals surface area contributed by atoms with Gasteiger partial charge in [0.05, 0.1) is 29.9 Å². The normalized spacial score (nSPS) is 35.3. The maximum atomic E-state index is 13.7. The van der Waals surface area contributed by atoms with Gasteiger partial charge in [0.25, 0.3) is 10.1 Å². The van der Waals surface area contributed by atoms with E-state index in [4.69, 9.17) is 8.92 Å². The minimum absolute atomic E-state index is 0.0193. The molecule has 11 heteroatoms.